The van der Waals surface area contributed by atoms with E-state index in [-0.39, 0.29) is 25.4 Å². The SMILES string of the molecule is O=C(NCc1ccccc1-c1ccc([C@H]2O[C@@H](CN3CCC(O)(c4ccc(Cl)cc4)CC3)C[C@@H](c3ccc(CO)cc3)O2)cc1)C(Cl)(Cl)Cl. The Morgan fingerprint density at radius 1 is 0.878 bits per heavy atom. The number of amides is 1. The molecule has 0 aromatic heterocycles. The van der Waals surface area contributed by atoms with Gasteiger partial charge in [-0.1, -0.05) is 131 Å². The van der Waals surface area contributed by atoms with Gasteiger partial charge in [0.05, 0.1) is 24.4 Å². The minimum absolute atomic E-state index is 0.0216. The molecule has 4 aromatic carbocycles. The summed E-state index contributed by atoms with van der Waals surface area (Å²) in [6, 6.07) is 31.1. The zero-order chi connectivity index (χ0) is 34.6. The summed E-state index contributed by atoms with van der Waals surface area (Å²) in [4.78, 5) is 14.5. The van der Waals surface area contributed by atoms with Gasteiger partial charge >= 0.3 is 0 Å². The maximum absolute atomic E-state index is 12.2. The van der Waals surface area contributed by atoms with E-state index in [1.54, 1.807) is 0 Å². The molecule has 2 saturated heterocycles. The first-order valence-corrected chi connectivity index (χ1v) is 17.8. The molecule has 258 valence electrons. The third-order valence-electron chi connectivity index (χ3n) is 9.35. The molecule has 3 atom stereocenters. The van der Waals surface area contributed by atoms with E-state index in [0.29, 0.717) is 30.8 Å². The van der Waals surface area contributed by atoms with E-state index in [1.807, 2.05) is 97.1 Å². The molecule has 0 saturated carbocycles. The predicted octanol–water partition coefficient (Wildman–Crippen LogP) is 8.01. The van der Waals surface area contributed by atoms with E-state index in [9.17, 15) is 15.0 Å². The van der Waals surface area contributed by atoms with Crippen LogP contribution in [-0.2, 0) is 33.0 Å². The summed E-state index contributed by atoms with van der Waals surface area (Å²) in [7, 11) is 0. The fourth-order valence-electron chi connectivity index (χ4n) is 6.53. The number of nitrogens with one attached hydrogen (secondary N) is 1. The predicted molar refractivity (Wildman–Crippen MR) is 193 cm³/mol. The Balaban J connectivity index is 1.17. The van der Waals surface area contributed by atoms with Crippen LogP contribution >= 0.6 is 46.4 Å². The second-order valence-corrected chi connectivity index (χ2v) is 15.4. The van der Waals surface area contributed by atoms with Crippen molar-refractivity contribution in [2.24, 2.45) is 0 Å². The molecule has 2 fully saturated rings. The number of alkyl halides is 3. The van der Waals surface area contributed by atoms with Gasteiger partial charge in [-0.15, -0.1) is 0 Å². The maximum Gasteiger partial charge on any atom is 0.272 e. The molecule has 1 amide bonds. The van der Waals surface area contributed by atoms with Gasteiger partial charge in [-0.3, -0.25) is 4.79 Å². The summed E-state index contributed by atoms with van der Waals surface area (Å²) in [6.45, 7) is 2.35. The number of aliphatic hydroxyl groups excluding tert-OH is 1. The first kappa shape index (κ1) is 36.1. The number of likely N-dealkylation sites (tertiary alicyclic amines) is 1. The summed E-state index contributed by atoms with van der Waals surface area (Å²) in [5.41, 5.74) is 5.51. The van der Waals surface area contributed by atoms with Crippen LogP contribution in [0.3, 0.4) is 0 Å². The Labute approximate surface area is 306 Å². The van der Waals surface area contributed by atoms with E-state index in [2.05, 4.69) is 10.2 Å². The van der Waals surface area contributed by atoms with Gasteiger partial charge in [0.2, 0.25) is 0 Å². The lowest BCUT2D eigenvalue weighted by Gasteiger charge is -2.42. The standard InChI is InChI=1S/C38H38Cl4N2O5/c39-31-15-13-30(14-16-31)37(47)17-19-44(20-18-37)23-32-21-34(27-7-5-25(24-45)6-8-27)49-35(48-32)28-11-9-26(10-12-28)33-4-2-1-3-29(33)22-43-36(46)38(40,41)42/h1-16,32,34-35,45,47H,17-24H2,(H,43,46)/t32-,34+,35+/m1/s1. The van der Waals surface area contributed by atoms with Crippen LogP contribution in [0, 0.1) is 0 Å². The third kappa shape index (κ3) is 8.98. The molecule has 7 nitrogen and oxygen atoms in total. The smallest absolute Gasteiger partial charge is 0.272 e. The van der Waals surface area contributed by atoms with Crippen LogP contribution in [0.15, 0.2) is 97.1 Å². The minimum Gasteiger partial charge on any atom is -0.392 e. The second kappa shape index (κ2) is 15.7. The number of hydrogen-bond acceptors (Lipinski definition) is 6. The number of benzene rings is 4. The molecule has 2 aliphatic heterocycles. The number of ether oxygens (including phenoxy) is 2. The molecule has 0 radical (unpaired) electrons. The summed E-state index contributed by atoms with van der Waals surface area (Å²) >= 11 is 23.3. The van der Waals surface area contributed by atoms with Gasteiger partial charge < -0.3 is 29.9 Å². The highest BCUT2D eigenvalue weighted by atomic mass is 35.6. The molecule has 0 spiro atoms. The average molecular weight is 745 g/mol. The fourth-order valence-corrected chi connectivity index (χ4v) is 6.85. The van der Waals surface area contributed by atoms with Crippen LogP contribution in [0.2, 0.25) is 5.02 Å². The number of nitrogens with zero attached hydrogens (tertiary/aromatic N) is 1. The van der Waals surface area contributed by atoms with Gasteiger partial charge in [-0.2, -0.15) is 0 Å². The van der Waals surface area contributed by atoms with E-state index in [0.717, 1.165) is 52.0 Å². The van der Waals surface area contributed by atoms with Crippen LogP contribution in [-0.4, -0.2) is 50.6 Å². The van der Waals surface area contributed by atoms with E-state index in [4.69, 9.17) is 55.9 Å². The Bertz CT molecular complexity index is 1710. The summed E-state index contributed by atoms with van der Waals surface area (Å²) in [5.74, 6) is -0.689. The van der Waals surface area contributed by atoms with E-state index < -0.39 is 21.6 Å². The largest absolute Gasteiger partial charge is 0.392 e. The number of aliphatic hydroxyl groups is 2. The summed E-state index contributed by atoms with van der Waals surface area (Å²) < 4.78 is 11.2. The molecular formula is C38H38Cl4N2O5. The number of piperidine rings is 1. The molecule has 6 rings (SSSR count). The first-order chi connectivity index (χ1) is 23.5. The van der Waals surface area contributed by atoms with Crippen molar-refractivity contribution in [2.75, 3.05) is 19.6 Å². The highest BCUT2D eigenvalue weighted by molar-refractivity contribution is 6.76. The normalized spacial score (nSPS) is 21.3. The molecule has 2 aliphatic rings. The highest BCUT2D eigenvalue weighted by Gasteiger charge is 2.37. The molecule has 3 N–H and O–H groups in total. The lowest BCUT2D eigenvalue weighted by Crippen LogP contribution is -2.46. The van der Waals surface area contributed by atoms with Gasteiger partial charge in [-0.05, 0) is 58.4 Å². The number of hydrogen-bond donors (Lipinski definition) is 3. The number of rotatable bonds is 9. The monoisotopic (exact) mass is 742 g/mol. The maximum atomic E-state index is 12.2. The third-order valence-corrected chi connectivity index (χ3v) is 10.1. The van der Waals surface area contributed by atoms with Crippen LogP contribution < -0.4 is 5.32 Å². The second-order valence-electron chi connectivity index (χ2n) is 12.6. The van der Waals surface area contributed by atoms with Gasteiger partial charge in [0, 0.05) is 43.2 Å². The lowest BCUT2D eigenvalue weighted by molar-refractivity contribution is -0.253. The van der Waals surface area contributed by atoms with Crippen molar-refractivity contribution < 1.29 is 24.5 Å². The summed E-state index contributed by atoms with van der Waals surface area (Å²) in [5, 5.41) is 24.3. The fraction of sp³-hybridized carbons (Fsp3) is 0.342. The topological polar surface area (TPSA) is 91.3 Å². The van der Waals surface area contributed by atoms with Crippen molar-refractivity contribution in [1.29, 1.82) is 0 Å². The van der Waals surface area contributed by atoms with E-state index in [1.165, 1.54) is 0 Å². The molecule has 0 unspecified atom stereocenters. The zero-order valence-corrected chi connectivity index (χ0v) is 29.7. The Hall–Kier alpha value is -2.69. The lowest BCUT2D eigenvalue weighted by atomic mass is 9.84. The molecule has 0 aliphatic carbocycles. The van der Waals surface area contributed by atoms with Crippen molar-refractivity contribution >= 4 is 52.3 Å². The Morgan fingerprint density at radius 3 is 2.18 bits per heavy atom. The molecule has 11 heteroatoms. The highest BCUT2D eigenvalue weighted by Crippen LogP contribution is 2.40. The van der Waals surface area contributed by atoms with Crippen LogP contribution in [0.1, 0.15) is 59.5 Å². The van der Waals surface area contributed by atoms with Crippen molar-refractivity contribution in [2.45, 2.75) is 60.3 Å². The molecule has 2 heterocycles. The number of carbonyl (C=O) groups is 1. The number of carbonyl (C=O) groups excluding carboxylic acids is 1. The minimum atomic E-state index is -2.04. The van der Waals surface area contributed by atoms with Gasteiger partial charge in [0.25, 0.3) is 9.70 Å². The van der Waals surface area contributed by atoms with Crippen molar-refractivity contribution in [1.82, 2.24) is 10.2 Å². The molecular weight excluding hydrogens is 706 g/mol. The van der Waals surface area contributed by atoms with Crippen molar-refractivity contribution in [3.63, 3.8) is 0 Å². The molecule has 49 heavy (non-hydrogen) atoms. The van der Waals surface area contributed by atoms with E-state index >= 15 is 0 Å². The van der Waals surface area contributed by atoms with Gasteiger partial charge in [0.1, 0.15) is 0 Å². The Kier molecular flexibility index (Phi) is 11.6. The average Bonchev–Trinajstić information content (AvgIpc) is 3.11. The van der Waals surface area contributed by atoms with Gasteiger partial charge in [0.15, 0.2) is 6.29 Å². The quantitative estimate of drug-likeness (QED) is 0.151. The molecule has 0 bridgehead atoms. The summed E-state index contributed by atoms with van der Waals surface area (Å²) in [6.07, 6.45) is 0.955. The van der Waals surface area contributed by atoms with Crippen LogP contribution in [0.25, 0.3) is 11.1 Å². The Morgan fingerprint density at radius 2 is 1.53 bits per heavy atom. The first-order valence-electron chi connectivity index (χ1n) is 16.3. The van der Waals surface area contributed by atoms with Gasteiger partial charge in [-0.25, -0.2) is 0 Å². The van der Waals surface area contributed by atoms with Crippen molar-refractivity contribution in [3.05, 3.63) is 130 Å². The van der Waals surface area contributed by atoms with Crippen LogP contribution in [0.5, 0.6) is 0 Å². The van der Waals surface area contributed by atoms with Crippen molar-refractivity contribution in [3.8, 4) is 11.1 Å². The zero-order valence-electron chi connectivity index (χ0n) is 26.7. The number of halogens is 4. The molecule has 4 aromatic rings. The van der Waals surface area contributed by atoms with Crippen LogP contribution in [0.4, 0.5) is 0 Å².